The number of nitrogens with one attached hydrogen (secondary N) is 1. The molecule has 12 heteroatoms. The summed E-state index contributed by atoms with van der Waals surface area (Å²) in [6.45, 7) is 1.69. The molecule has 6 nitrogen and oxygen atoms in total. The molecular weight excluding hydrogens is 500 g/mol. The minimum absolute atomic E-state index is 0.0172. The number of anilines is 1. The Hall–Kier alpha value is -3.31. The van der Waals surface area contributed by atoms with Crippen molar-refractivity contribution in [1.82, 2.24) is 14.6 Å². The zero-order valence-electron chi connectivity index (χ0n) is 20.1. The van der Waals surface area contributed by atoms with E-state index >= 15 is 8.78 Å². The first-order valence-electron chi connectivity index (χ1n) is 12.0. The topological polar surface area (TPSA) is 63.8 Å². The number of aliphatic imine (C=N–C) groups is 1. The average Bonchev–Trinajstić information content (AvgIpc) is 3.01. The van der Waals surface area contributed by atoms with Gasteiger partial charge in [-0.2, -0.15) is 4.98 Å². The normalized spacial score (nSPS) is 24.1. The lowest BCUT2D eigenvalue weighted by molar-refractivity contribution is -0.0361. The Labute approximate surface area is 208 Å². The molecular formula is C25H25F6N5O. The number of ether oxygens (including phenoxy) is 1. The fourth-order valence-electron chi connectivity index (χ4n) is 5.11. The van der Waals surface area contributed by atoms with Gasteiger partial charge in [-0.3, -0.25) is 4.99 Å². The molecule has 5 rings (SSSR count). The molecule has 0 aromatic carbocycles. The van der Waals surface area contributed by atoms with Crippen molar-refractivity contribution in [2.24, 2.45) is 16.8 Å². The third kappa shape index (κ3) is 4.85. The smallest absolute Gasteiger partial charge is 0.261 e. The monoisotopic (exact) mass is 525 g/mol. The van der Waals surface area contributed by atoms with Crippen molar-refractivity contribution in [1.29, 1.82) is 0 Å². The van der Waals surface area contributed by atoms with Crippen LogP contribution in [0.5, 0.6) is 5.88 Å². The third-order valence-electron chi connectivity index (χ3n) is 7.20. The number of aromatic nitrogens is 3. The van der Waals surface area contributed by atoms with Crippen molar-refractivity contribution in [3.05, 3.63) is 47.3 Å². The van der Waals surface area contributed by atoms with Gasteiger partial charge in [-0.05, 0) is 36.8 Å². The van der Waals surface area contributed by atoms with Gasteiger partial charge in [0, 0.05) is 36.6 Å². The van der Waals surface area contributed by atoms with Crippen LogP contribution in [0.25, 0.3) is 11.1 Å². The lowest BCUT2D eigenvalue weighted by Gasteiger charge is -2.28. The number of hydrogen-bond donors (Lipinski definition) is 1. The van der Waals surface area contributed by atoms with Crippen LogP contribution < -0.4 is 10.1 Å². The fourth-order valence-corrected chi connectivity index (χ4v) is 5.11. The summed E-state index contributed by atoms with van der Waals surface area (Å²) in [7, 11) is 1.33. The number of nitrogens with zero attached hydrogens (tertiary/aromatic N) is 4. The molecule has 0 amide bonds. The van der Waals surface area contributed by atoms with Gasteiger partial charge in [0.25, 0.3) is 6.43 Å². The van der Waals surface area contributed by atoms with Crippen LogP contribution in [0.15, 0.2) is 40.9 Å². The third-order valence-corrected chi connectivity index (χ3v) is 7.20. The lowest BCUT2D eigenvalue weighted by atomic mass is 9.85. The Morgan fingerprint density at radius 2 is 1.92 bits per heavy atom. The second-order valence-electron chi connectivity index (χ2n) is 9.65. The number of fused-ring (bicyclic) bond motifs is 3. The van der Waals surface area contributed by atoms with Gasteiger partial charge in [0.2, 0.25) is 17.8 Å². The number of allylic oxidation sites excluding steroid dienone is 5. The van der Waals surface area contributed by atoms with Crippen molar-refractivity contribution in [3.8, 4) is 5.88 Å². The number of hydrogen-bond acceptors (Lipinski definition) is 5. The summed E-state index contributed by atoms with van der Waals surface area (Å²) in [6.07, 6.45) is 1.90. The van der Waals surface area contributed by atoms with Gasteiger partial charge < -0.3 is 10.1 Å². The molecule has 0 saturated heterocycles. The van der Waals surface area contributed by atoms with Gasteiger partial charge in [0.15, 0.2) is 5.82 Å². The van der Waals surface area contributed by atoms with E-state index in [1.165, 1.54) is 11.6 Å². The van der Waals surface area contributed by atoms with Crippen LogP contribution in [0, 0.1) is 17.7 Å². The van der Waals surface area contributed by atoms with Crippen LogP contribution in [0.4, 0.5) is 32.3 Å². The van der Waals surface area contributed by atoms with Gasteiger partial charge in [-0.15, -0.1) is 5.10 Å². The van der Waals surface area contributed by atoms with Gasteiger partial charge >= 0.3 is 0 Å². The molecule has 3 heterocycles. The Bertz CT molecular complexity index is 1330. The average molecular weight is 525 g/mol. The van der Waals surface area contributed by atoms with E-state index in [2.05, 4.69) is 20.4 Å². The molecule has 2 aromatic rings. The minimum Gasteiger partial charge on any atom is -0.479 e. The molecule has 198 valence electrons. The molecule has 1 fully saturated rings. The molecule has 2 aromatic heterocycles. The summed E-state index contributed by atoms with van der Waals surface area (Å²) in [5, 5.41) is 7.29. The predicted octanol–water partition coefficient (Wildman–Crippen LogP) is 6.36. The zero-order valence-corrected chi connectivity index (χ0v) is 20.1. The van der Waals surface area contributed by atoms with Crippen molar-refractivity contribution in [2.75, 3.05) is 12.4 Å². The Morgan fingerprint density at radius 1 is 1.19 bits per heavy atom. The molecule has 3 aliphatic rings. The summed E-state index contributed by atoms with van der Waals surface area (Å²) in [4.78, 5) is 8.27. The first-order chi connectivity index (χ1) is 17.6. The standard InChI is InChI=1S/C25H25F6N5O/c1-12-13-7-14(9-17(26)20(12)32-10-15(8-13)22(28)29)19-18(27)11-36-21(19)23(37-2)34-24(35-36)33-16-3-5-25(30,31)6-4-16/h7,9-13,16,22H,3-6,8H2,1-2H3,(H,33,35)/t12-,13?/m0/s1. The number of rotatable bonds is 5. The molecule has 37 heavy (non-hydrogen) atoms. The van der Waals surface area contributed by atoms with Crippen LogP contribution in [0.3, 0.4) is 0 Å². The van der Waals surface area contributed by atoms with Crippen molar-refractivity contribution >= 4 is 22.7 Å². The highest BCUT2D eigenvalue weighted by Crippen LogP contribution is 2.40. The van der Waals surface area contributed by atoms with E-state index in [4.69, 9.17) is 4.74 Å². The van der Waals surface area contributed by atoms with E-state index in [1.807, 2.05) is 0 Å². The van der Waals surface area contributed by atoms with Crippen molar-refractivity contribution in [3.63, 3.8) is 0 Å². The van der Waals surface area contributed by atoms with E-state index in [0.29, 0.717) is 0 Å². The minimum atomic E-state index is -2.75. The summed E-state index contributed by atoms with van der Waals surface area (Å²) >= 11 is 0. The van der Waals surface area contributed by atoms with Gasteiger partial charge in [0.1, 0.15) is 11.3 Å². The Kier molecular flexibility index (Phi) is 6.53. The van der Waals surface area contributed by atoms with E-state index in [1.54, 1.807) is 13.0 Å². The van der Waals surface area contributed by atoms with Crippen LogP contribution in [-0.4, -0.2) is 45.8 Å². The van der Waals surface area contributed by atoms with E-state index < -0.39 is 35.8 Å². The van der Waals surface area contributed by atoms with Crippen LogP contribution in [0.2, 0.25) is 0 Å². The van der Waals surface area contributed by atoms with Gasteiger partial charge in [-0.25, -0.2) is 30.9 Å². The highest BCUT2D eigenvalue weighted by molar-refractivity contribution is 6.04. The zero-order chi connectivity index (χ0) is 26.5. The largest absolute Gasteiger partial charge is 0.479 e. The first kappa shape index (κ1) is 25.3. The number of alkyl halides is 4. The maximum absolute atomic E-state index is 15.4. The summed E-state index contributed by atoms with van der Waals surface area (Å²) in [6, 6.07) is -0.286. The first-order valence-corrected chi connectivity index (χ1v) is 12.0. The molecule has 0 spiro atoms. The Morgan fingerprint density at radius 3 is 2.59 bits per heavy atom. The second-order valence-corrected chi connectivity index (χ2v) is 9.65. The highest BCUT2D eigenvalue weighted by atomic mass is 19.3. The second kappa shape index (κ2) is 9.53. The SMILES string of the molecule is COc1nc(NC2CCC(F)(F)CC2)nn2cc(F)c(C3=CC4CC(C(F)F)=CN=C(C(F)=C3)[C@H]4C)c12. The molecule has 1 N–H and O–H groups in total. The van der Waals surface area contributed by atoms with Gasteiger partial charge in [0.05, 0.1) is 24.6 Å². The van der Waals surface area contributed by atoms with Crippen LogP contribution in [-0.2, 0) is 0 Å². The Balaban J connectivity index is 1.55. The van der Waals surface area contributed by atoms with Crippen LogP contribution in [0.1, 0.15) is 44.6 Å². The summed E-state index contributed by atoms with van der Waals surface area (Å²) < 4.78 is 91.1. The maximum Gasteiger partial charge on any atom is 0.261 e. The molecule has 2 bridgehead atoms. The van der Waals surface area contributed by atoms with Crippen LogP contribution >= 0.6 is 0 Å². The molecule has 1 saturated carbocycles. The molecule has 1 unspecified atom stereocenters. The molecule has 2 aliphatic carbocycles. The van der Waals surface area contributed by atoms with Crippen molar-refractivity contribution < 1.29 is 31.1 Å². The van der Waals surface area contributed by atoms with Gasteiger partial charge in [-0.1, -0.05) is 13.0 Å². The van der Waals surface area contributed by atoms with E-state index in [9.17, 15) is 17.6 Å². The van der Waals surface area contributed by atoms with Crippen molar-refractivity contribution in [2.45, 2.75) is 57.4 Å². The summed E-state index contributed by atoms with van der Waals surface area (Å²) in [5.74, 6) is -5.22. The van der Waals surface area contributed by atoms with E-state index in [0.717, 1.165) is 18.5 Å². The maximum atomic E-state index is 15.4. The fraction of sp³-hybridized carbons (Fsp3) is 0.480. The lowest BCUT2D eigenvalue weighted by Crippen LogP contribution is -2.32. The highest BCUT2D eigenvalue weighted by Gasteiger charge is 2.36. The predicted molar refractivity (Wildman–Crippen MR) is 126 cm³/mol. The quantitative estimate of drug-likeness (QED) is 0.462. The molecule has 1 aliphatic heterocycles. The molecule has 0 radical (unpaired) electrons. The summed E-state index contributed by atoms with van der Waals surface area (Å²) in [5.41, 5.74) is -0.00537. The molecule has 2 atom stereocenters. The number of methoxy groups -OCH3 is 1. The number of halogens is 6. The van der Waals surface area contributed by atoms with E-state index in [-0.39, 0.29) is 77.9 Å².